The molecule has 23 heavy (non-hydrogen) atoms. The number of aromatic nitrogens is 3. The summed E-state index contributed by atoms with van der Waals surface area (Å²) in [4.78, 5) is 16.1. The molecule has 0 fully saturated rings. The zero-order valence-electron chi connectivity index (χ0n) is 12.3. The van der Waals surface area contributed by atoms with Crippen LogP contribution in [0.25, 0.3) is 11.3 Å². The van der Waals surface area contributed by atoms with Crippen LogP contribution in [0.1, 0.15) is 10.4 Å². The van der Waals surface area contributed by atoms with Gasteiger partial charge < -0.3 is 5.32 Å². The Morgan fingerprint density at radius 3 is 2.70 bits per heavy atom. The zero-order chi connectivity index (χ0) is 16.1. The van der Waals surface area contributed by atoms with E-state index in [4.69, 9.17) is 0 Å². The average Bonchev–Trinajstić information content (AvgIpc) is 3.05. The number of rotatable bonds is 5. The minimum absolute atomic E-state index is 0.0982. The number of benzene rings is 1. The van der Waals surface area contributed by atoms with Crippen molar-refractivity contribution >= 4 is 21.8 Å². The van der Waals surface area contributed by atoms with Crippen molar-refractivity contribution in [1.82, 2.24) is 20.1 Å². The van der Waals surface area contributed by atoms with E-state index >= 15 is 0 Å². The maximum atomic E-state index is 12.1. The zero-order valence-corrected chi connectivity index (χ0v) is 13.9. The molecule has 0 atom stereocenters. The van der Waals surface area contributed by atoms with E-state index in [1.165, 1.54) is 0 Å². The lowest BCUT2D eigenvalue weighted by Crippen LogP contribution is -2.27. The number of hydrogen-bond acceptors (Lipinski definition) is 3. The van der Waals surface area contributed by atoms with Gasteiger partial charge >= 0.3 is 0 Å². The Kier molecular flexibility index (Phi) is 4.83. The average molecular weight is 371 g/mol. The molecule has 1 N–H and O–H groups in total. The summed E-state index contributed by atoms with van der Waals surface area (Å²) in [6.07, 6.45) is 5.39. The topological polar surface area (TPSA) is 59.8 Å². The number of amides is 1. The quantitative estimate of drug-likeness (QED) is 0.750. The van der Waals surface area contributed by atoms with Crippen LogP contribution in [-0.4, -0.2) is 27.2 Å². The first-order chi connectivity index (χ1) is 11.2. The molecule has 0 aliphatic rings. The van der Waals surface area contributed by atoms with Gasteiger partial charge in [0.05, 0.1) is 17.8 Å². The van der Waals surface area contributed by atoms with E-state index in [9.17, 15) is 4.79 Å². The van der Waals surface area contributed by atoms with Crippen molar-refractivity contribution in [3.05, 3.63) is 71.1 Å². The van der Waals surface area contributed by atoms with Crippen molar-refractivity contribution < 1.29 is 4.79 Å². The van der Waals surface area contributed by atoms with Gasteiger partial charge in [-0.25, -0.2) is 0 Å². The molecule has 0 aliphatic carbocycles. The SMILES string of the molecule is O=C(NCCn1ccc(-c2ccncc2)n1)c1ccccc1Br. The summed E-state index contributed by atoms with van der Waals surface area (Å²) >= 11 is 3.38. The van der Waals surface area contributed by atoms with Crippen LogP contribution in [0.15, 0.2) is 65.5 Å². The molecule has 3 rings (SSSR count). The number of carbonyl (C=O) groups is 1. The molecule has 0 saturated heterocycles. The molecule has 0 bridgehead atoms. The van der Waals surface area contributed by atoms with E-state index in [2.05, 4.69) is 31.3 Å². The van der Waals surface area contributed by atoms with E-state index in [0.717, 1.165) is 15.7 Å². The monoisotopic (exact) mass is 370 g/mol. The Balaban J connectivity index is 1.56. The lowest BCUT2D eigenvalue weighted by Gasteiger charge is -2.07. The van der Waals surface area contributed by atoms with E-state index in [1.807, 2.05) is 47.3 Å². The largest absolute Gasteiger partial charge is 0.350 e. The molecular weight excluding hydrogens is 356 g/mol. The van der Waals surface area contributed by atoms with Crippen molar-refractivity contribution in [2.24, 2.45) is 0 Å². The molecule has 116 valence electrons. The van der Waals surface area contributed by atoms with Gasteiger partial charge in [0.25, 0.3) is 5.91 Å². The second kappa shape index (κ2) is 7.19. The highest BCUT2D eigenvalue weighted by Gasteiger charge is 2.08. The molecule has 2 heterocycles. The first kappa shape index (κ1) is 15.4. The number of nitrogens with zero attached hydrogens (tertiary/aromatic N) is 3. The lowest BCUT2D eigenvalue weighted by molar-refractivity contribution is 0.0951. The highest BCUT2D eigenvalue weighted by molar-refractivity contribution is 9.10. The number of hydrogen-bond donors (Lipinski definition) is 1. The molecular formula is C17H15BrN4O. The van der Waals surface area contributed by atoms with Crippen molar-refractivity contribution in [3.63, 3.8) is 0 Å². The summed E-state index contributed by atoms with van der Waals surface area (Å²) in [5, 5.41) is 7.39. The van der Waals surface area contributed by atoms with Crippen LogP contribution < -0.4 is 5.32 Å². The second-order valence-corrected chi connectivity index (χ2v) is 5.79. The summed E-state index contributed by atoms with van der Waals surface area (Å²) in [5.74, 6) is -0.0982. The molecule has 2 aromatic heterocycles. The van der Waals surface area contributed by atoms with E-state index < -0.39 is 0 Å². The molecule has 0 aliphatic heterocycles. The van der Waals surface area contributed by atoms with Gasteiger partial charge in [0.15, 0.2) is 0 Å². The minimum Gasteiger partial charge on any atom is -0.350 e. The van der Waals surface area contributed by atoms with Crippen molar-refractivity contribution in [2.75, 3.05) is 6.54 Å². The van der Waals surface area contributed by atoms with Crippen LogP contribution in [0.3, 0.4) is 0 Å². The number of carbonyl (C=O) groups excluding carboxylic acids is 1. The molecule has 6 heteroatoms. The summed E-state index contributed by atoms with van der Waals surface area (Å²) < 4.78 is 2.60. The Morgan fingerprint density at radius 1 is 1.13 bits per heavy atom. The van der Waals surface area contributed by atoms with Gasteiger partial charge in [-0.05, 0) is 46.3 Å². The fourth-order valence-corrected chi connectivity index (χ4v) is 2.65. The second-order valence-electron chi connectivity index (χ2n) is 4.94. The van der Waals surface area contributed by atoms with Crippen molar-refractivity contribution in [1.29, 1.82) is 0 Å². The molecule has 5 nitrogen and oxygen atoms in total. The van der Waals surface area contributed by atoms with Gasteiger partial charge in [-0.3, -0.25) is 14.5 Å². The first-order valence-electron chi connectivity index (χ1n) is 7.20. The van der Waals surface area contributed by atoms with Crippen LogP contribution >= 0.6 is 15.9 Å². The van der Waals surface area contributed by atoms with Crippen molar-refractivity contribution in [3.8, 4) is 11.3 Å². The van der Waals surface area contributed by atoms with Crippen LogP contribution in [0.2, 0.25) is 0 Å². The lowest BCUT2D eigenvalue weighted by atomic mass is 10.2. The number of pyridine rings is 1. The molecule has 1 amide bonds. The molecule has 0 spiro atoms. The minimum atomic E-state index is -0.0982. The molecule has 3 aromatic rings. The Bertz CT molecular complexity index is 801. The van der Waals surface area contributed by atoms with Gasteiger partial charge in [0.2, 0.25) is 0 Å². The molecule has 0 saturated carbocycles. The molecule has 0 radical (unpaired) electrons. The number of halogens is 1. The van der Waals surface area contributed by atoms with E-state index in [1.54, 1.807) is 18.5 Å². The fourth-order valence-electron chi connectivity index (χ4n) is 2.19. The van der Waals surface area contributed by atoms with Crippen LogP contribution in [0.5, 0.6) is 0 Å². The summed E-state index contributed by atoms with van der Waals surface area (Å²) in [5.41, 5.74) is 2.55. The fraction of sp³-hybridized carbons (Fsp3) is 0.118. The normalized spacial score (nSPS) is 10.5. The van der Waals surface area contributed by atoms with Gasteiger partial charge in [0, 0.05) is 35.2 Å². The van der Waals surface area contributed by atoms with Crippen LogP contribution in [-0.2, 0) is 6.54 Å². The van der Waals surface area contributed by atoms with Gasteiger partial charge in [-0.1, -0.05) is 12.1 Å². The maximum Gasteiger partial charge on any atom is 0.252 e. The third-order valence-corrected chi connectivity index (χ3v) is 4.05. The summed E-state index contributed by atoms with van der Waals surface area (Å²) in [7, 11) is 0. The highest BCUT2D eigenvalue weighted by Crippen LogP contribution is 2.16. The van der Waals surface area contributed by atoms with Gasteiger partial charge in [-0.15, -0.1) is 0 Å². The summed E-state index contributed by atoms with van der Waals surface area (Å²) in [6.45, 7) is 1.12. The highest BCUT2D eigenvalue weighted by atomic mass is 79.9. The summed E-state index contributed by atoms with van der Waals surface area (Å²) in [6, 6.07) is 13.1. The molecule has 1 aromatic carbocycles. The first-order valence-corrected chi connectivity index (χ1v) is 8.00. The van der Waals surface area contributed by atoms with Crippen molar-refractivity contribution in [2.45, 2.75) is 6.54 Å². The third kappa shape index (κ3) is 3.84. The van der Waals surface area contributed by atoms with Crippen LogP contribution in [0.4, 0.5) is 0 Å². The van der Waals surface area contributed by atoms with E-state index in [0.29, 0.717) is 18.7 Å². The van der Waals surface area contributed by atoms with E-state index in [-0.39, 0.29) is 5.91 Å². The smallest absolute Gasteiger partial charge is 0.252 e. The van der Waals surface area contributed by atoms with Gasteiger partial charge in [0.1, 0.15) is 0 Å². The maximum absolute atomic E-state index is 12.1. The Labute approximate surface area is 142 Å². The Morgan fingerprint density at radius 2 is 1.91 bits per heavy atom. The van der Waals surface area contributed by atoms with Gasteiger partial charge in [-0.2, -0.15) is 5.10 Å². The number of nitrogens with one attached hydrogen (secondary N) is 1. The predicted octanol–water partition coefficient (Wildman–Crippen LogP) is 3.14. The van der Waals surface area contributed by atoms with Crippen LogP contribution in [0, 0.1) is 0 Å². The molecule has 0 unspecified atom stereocenters. The predicted molar refractivity (Wildman–Crippen MR) is 91.9 cm³/mol. The Hall–Kier alpha value is -2.47. The third-order valence-electron chi connectivity index (χ3n) is 3.36. The standard InChI is InChI=1S/C17H15BrN4O/c18-15-4-2-1-3-14(15)17(23)20-10-12-22-11-7-16(21-22)13-5-8-19-9-6-13/h1-9,11H,10,12H2,(H,20,23).